The minimum atomic E-state index is 1.25. The van der Waals surface area contributed by atoms with Crippen LogP contribution in [0, 0.1) is 6.92 Å². The van der Waals surface area contributed by atoms with Crippen molar-refractivity contribution in [1.82, 2.24) is 0 Å². The Balaban J connectivity index is 3.00. The normalized spacial score (nSPS) is 12.1. The van der Waals surface area contributed by atoms with Crippen LogP contribution in [0.4, 0.5) is 0 Å². The quantitative estimate of drug-likeness (QED) is 0.467. The van der Waals surface area contributed by atoms with E-state index in [0.717, 1.165) is 0 Å². The molecule has 0 bridgehead atoms. The second-order valence-electron chi connectivity index (χ2n) is 3.92. The fourth-order valence-corrected chi connectivity index (χ4v) is 1.46. The Morgan fingerprint density at radius 2 is 1.54 bits per heavy atom. The SMILES string of the molecule is [CH2]C=C(C)CCCCCCCCC. The van der Waals surface area contributed by atoms with Gasteiger partial charge in [0.05, 0.1) is 0 Å². The van der Waals surface area contributed by atoms with E-state index in [2.05, 4.69) is 20.8 Å². The molecule has 13 heavy (non-hydrogen) atoms. The lowest BCUT2D eigenvalue weighted by Gasteiger charge is -2.01. The molecule has 0 aromatic heterocycles. The Morgan fingerprint density at radius 1 is 1.00 bits per heavy atom. The third-order valence-electron chi connectivity index (χ3n) is 2.52. The van der Waals surface area contributed by atoms with E-state index in [1.54, 1.807) is 0 Å². The lowest BCUT2D eigenvalue weighted by molar-refractivity contribution is 0.588. The molecule has 0 aromatic rings. The van der Waals surface area contributed by atoms with Gasteiger partial charge in [0.2, 0.25) is 0 Å². The summed E-state index contributed by atoms with van der Waals surface area (Å²) in [5.41, 5.74) is 1.44. The van der Waals surface area contributed by atoms with Gasteiger partial charge in [-0.1, -0.05) is 57.1 Å². The van der Waals surface area contributed by atoms with Gasteiger partial charge >= 0.3 is 0 Å². The van der Waals surface area contributed by atoms with Crippen LogP contribution in [0.1, 0.15) is 65.2 Å². The number of allylic oxidation sites excluding steroid dienone is 2. The average molecular weight is 181 g/mol. The molecule has 0 fully saturated rings. The van der Waals surface area contributed by atoms with E-state index in [-0.39, 0.29) is 0 Å². The van der Waals surface area contributed by atoms with Crippen LogP contribution < -0.4 is 0 Å². The summed E-state index contributed by atoms with van der Waals surface area (Å²) in [5, 5.41) is 0. The molecule has 0 unspecified atom stereocenters. The van der Waals surface area contributed by atoms with Crippen molar-refractivity contribution in [2.75, 3.05) is 0 Å². The number of unbranched alkanes of at least 4 members (excludes halogenated alkanes) is 6. The predicted octanol–water partition coefficient (Wildman–Crippen LogP) is 4.91. The Morgan fingerprint density at radius 3 is 2.08 bits per heavy atom. The molecule has 0 heterocycles. The first-order valence-electron chi connectivity index (χ1n) is 5.76. The Bertz CT molecular complexity index is 122. The highest BCUT2D eigenvalue weighted by Crippen LogP contribution is 2.11. The van der Waals surface area contributed by atoms with Crippen molar-refractivity contribution in [3.63, 3.8) is 0 Å². The van der Waals surface area contributed by atoms with Gasteiger partial charge in [-0.05, 0) is 26.7 Å². The van der Waals surface area contributed by atoms with Crippen molar-refractivity contribution in [1.29, 1.82) is 0 Å². The Labute approximate surface area is 84.4 Å². The smallest absolute Gasteiger partial charge is 0.0313 e. The molecule has 0 saturated carbocycles. The van der Waals surface area contributed by atoms with Crippen molar-refractivity contribution in [2.45, 2.75) is 65.2 Å². The zero-order valence-corrected chi connectivity index (χ0v) is 9.44. The molecule has 1 radical (unpaired) electrons. The highest BCUT2D eigenvalue weighted by molar-refractivity contribution is 4.99. The molecule has 0 saturated heterocycles. The van der Waals surface area contributed by atoms with Crippen LogP contribution in [-0.2, 0) is 0 Å². The van der Waals surface area contributed by atoms with E-state index < -0.39 is 0 Å². The van der Waals surface area contributed by atoms with E-state index in [4.69, 9.17) is 0 Å². The van der Waals surface area contributed by atoms with E-state index >= 15 is 0 Å². The van der Waals surface area contributed by atoms with Gasteiger partial charge in [0.25, 0.3) is 0 Å². The monoisotopic (exact) mass is 181 g/mol. The summed E-state index contributed by atoms with van der Waals surface area (Å²) >= 11 is 0. The first-order chi connectivity index (χ1) is 6.31. The Hall–Kier alpha value is -0.260. The maximum atomic E-state index is 3.76. The second-order valence-corrected chi connectivity index (χ2v) is 3.92. The van der Waals surface area contributed by atoms with Crippen molar-refractivity contribution >= 4 is 0 Å². The molecule has 0 aliphatic heterocycles. The number of hydrogen-bond acceptors (Lipinski definition) is 0. The first kappa shape index (κ1) is 12.7. The third kappa shape index (κ3) is 9.66. The van der Waals surface area contributed by atoms with Crippen molar-refractivity contribution in [3.05, 3.63) is 18.6 Å². The fraction of sp³-hybridized carbons (Fsp3) is 0.769. The van der Waals surface area contributed by atoms with E-state index in [0.29, 0.717) is 0 Å². The van der Waals surface area contributed by atoms with Crippen LogP contribution in [0.3, 0.4) is 0 Å². The van der Waals surface area contributed by atoms with Gasteiger partial charge in [-0.15, -0.1) is 0 Å². The van der Waals surface area contributed by atoms with Crippen LogP contribution in [-0.4, -0.2) is 0 Å². The van der Waals surface area contributed by atoms with Crippen LogP contribution >= 0.6 is 0 Å². The number of rotatable bonds is 8. The largest absolute Gasteiger partial charge is 0.0853 e. The fourth-order valence-electron chi connectivity index (χ4n) is 1.46. The van der Waals surface area contributed by atoms with Crippen LogP contribution in [0.25, 0.3) is 0 Å². The van der Waals surface area contributed by atoms with E-state index in [9.17, 15) is 0 Å². The summed E-state index contributed by atoms with van der Waals surface area (Å²) in [6.45, 7) is 8.20. The lowest BCUT2D eigenvalue weighted by atomic mass is 10.1. The van der Waals surface area contributed by atoms with Gasteiger partial charge in [-0.2, -0.15) is 0 Å². The van der Waals surface area contributed by atoms with Crippen LogP contribution in [0.15, 0.2) is 11.6 Å². The molecule has 0 N–H and O–H groups in total. The molecular formula is C13H25. The average Bonchev–Trinajstić information content (AvgIpc) is 2.16. The van der Waals surface area contributed by atoms with Gasteiger partial charge in [0.15, 0.2) is 0 Å². The van der Waals surface area contributed by atoms with Gasteiger partial charge < -0.3 is 0 Å². The third-order valence-corrected chi connectivity index (χ3v) is 2.52. The molecule has 0 rings (SSSR count). The number of hydrogen-bond donors (Lipinski definition) is 0. The van der Waals surface area contributed by atoms with Crippen molar-refractivity contribution in [3.8, 4) is 0 Å². The lowest BCUT2D eigenvalue weighted by Crippen LogP contribution is -1.81. The molecule has 0 nitrogen and oxygen atoms in total. The summed E-state index contributed by atoms with van der Waals surface area (Å²) in [6, 6.07) is 0. The van der Waals surface area contributed by atoms with Gasteiger partial charge in [-0.3, -0.25) is 0 Å². The molecule has 0 aliphatic rings. The van der Waals surface area contributed by atoms with Crippen LogP contribution in [0.2, 0.25) is 0 Å². The summed E-state index contributed by atoms with van der Waals surface area (Å²) in [4.78, 5) is 0. The zero-order chi connectivity index (χ0) is 9.94. The van der Waals surface area contributed by atoms with Gasteiger partial charge in [0, 0.05) is 0 Å². The van der Waals surface area contributed by atoms with Gasteiger partial charge in [0.1, 0.15) is 0 Å². The van der Waals surface area contributed by atoms with Gasteiger partial charge in [-0.25, -0.2) is 0 Å². The molecule has 0 spiro atoms. The highest BCUT2D eigenvalue weighted by atomic mass is 14.0. The first-order valence-corrected chi connectivity index (χ1v) is 5.76. The summed E-state index contributed by atoms with van der Waals surface area (Å²) < 4.78 is 0. The predicted molar refractivity (Wildman–Crippen MR) is 61.7 cm³/mol. The van der Waals surface area contributed by atoms with Crippen LogP contribution in [0.5, 0.6) is 0 Å². The summed E-state index contributed by atoms with van der Waals surface area (Å²) in [5.74, 6) is 0. The summed E-state index contributed by atoms with van der Waals surface area (Å²) in [7, 11) is 0. The molecule has 0 amide bonds. The molecule has 0 aromatic carbocycles. The second kappa shape index (κ2) is 9.83. The maximum absolute atomic E-state index is 3.76. The van der Waals surface area contributed by atoms with E-state index in [1.807, 2.05) is 6.08 Å². The molecule has 77 valence electrons. The highest BCUT2D eigenvalue weighted by Gasteiger charge is 1.91. The molecular weight excluding hydrogens is 156 g/mol. The topological polar surface area (TPSA) is 0 Å². The minimum Gasteiger partial charge on any atom is -0.0853 e. The van der Waals surface area contributed by atoms with Crippen molar-refractivity contribution in [2.24, 2.45) is 0 Å². The molecule has 0 atom stereocenters. The van der Waals surface area contributed by atoms with E-state index in [1.165, 1.54) is 56.9 Å². The molecule has 0 heteroatoms. The zero-order valence-electron chi connectivity index (χ0n) is 9.44. The minimum absolute atomic E-state index is 1.25. The Kier molecular flexibility index (Phi) is 9.63. The molecule has 0 aliphatic carbocycles. The summed E-state index contributed by atoms with van der Waals surface area (Å²) in [6.07, 6.45) is 13.0. The standard InChI is InChI=1S/C13H25/c1-4-6-7-8-9-10-11-12-13(3)5-2/h5H,2,4,6-12H2,1,3H3. The van der Waals surface area contributed by atoms with Crippen molar-refractivity contribution < 1.29 is 0 Å². The maximum Gasteiger partial charge on any atom is -0.0313 e.